The third kappa shape index (κ3) is 4.48. The molecule has 0 saturated heterocycles. The van der Waals surface area contributed by atoms with Crippen molar-refractivity contribution in [2.45, 2.75) is 36.6 Å². The number of guanidine groups is 1. The Bertz CT molecular complexity index is 561. The van der Waals surface area contributed by atoms with Crippen LogP contribution in [0.3, 0.4) is 0 Å². The smallest absolute Gasteiger partial charge is 0.247 e. The fraction of sp³-hybridized carbons (Fsp3) is 0.545. The van der Waals surface area contributed by atoms with Crippen molar-refractivity contribution in [2.75, 3.05) is 6.54 Å². The normalized spacial score (nSPS) is 16.4. The predicted molar refractivity (Wildman–Crippen MR) is 76.7 cm³/mol. The van der Waals surface area contributed by atoms with Gasteiger partial charge in [-0.05, 0) is 31.9 Å². The van der Waals surface area contributed by atoms with Gasteiger partial charge in [-0.15, -0.1) is 11.3 Å². The summed E-state index contributed by atoms with van der Waals surface area (Å²) in [4.78, 5) is 5.30. The average molecular weight is 302 g/mol. The Balaban J connectivity index is 2.00. The van der Waals surface area contributed by atoms with Crippen LogP contribution in [-0.2, 0) is 16.6 Å². The second-order valence-corrected chi connectivity index (χ2v) is 7.34. The van der Waals surface area contributed by atoms with E-state index in [1.165, 1.54) is 18.9 Å². The zero-order valence-corrected chi connectivity index (χ0v) is 12.4. The minimum absolute atomic E-state index is 0.179. The van der Waals surface area contributed by atoms with Crippen LogP contribution >= 0.6 is 11.3 Å². The Morgan fingerprint density at radius 1 is 1.53 bits per heavy atom. The van der Waals surface area contributed by atoms with Crippen molar-refractivity contribution >= 4 is 27.3 Å². The second-order valence-electron chi connectivity index (χ2n) is 4.38. The summed E-state index contributed by atoms with van der Waals surface area (Å²) in [7, 11) is -3.60. The summed E-state index contributed by atoms with van der Waals surface area (Å²) >= 11 is 1.16. The molecule has 2 rings (SSSR count). The van der Waals surface area contributed by atoms with Crippen LogP contribution in [-0.4, -0.2) is 27.0 Å². The number of nitrogens with two attached hydrogens (primary N) is 1. The van der Waals surface area contributed by atoms with Crippen molar-refractivity contribution in [2.24, 2.45) is 10.1 Å². The molecule has 19 heavy (non-hydrogen) atoms. The minimum atomic E-state index is -3.60. The van der Waals surface area contributed by atoms with Gasteiger partial charge in [-0.3, -0.25) is 0 Å². The zero-order valence-electron chi connectivity index (χ0n) is 10.7. The van der Waals surface area contributed by atoms with Crippen LogP contribution in [0.15, 0.2) is 21.3 Å². The Morgan fingerprint density at radius 3 is 2.79 bits per heavy atom. The molecule has 1 aliphatic rings. The van der Waals surface area contributed by atoms with Gasteiger partial charge in [-0.1, -0.05) is 0 Å². The molecule has 1 aromatic heterocycles. The fourth-order valence-corrected chi connectivity index (χ4v) is 3.20. The monoisotopic (exact) mass is 302 g/mol. The standard InChI is InChI=1S/C11H18N4O2S2/c1-2-13-11(15-8-3-4-8)14-7-9-5-6-10(18-9)19(12,16)17/h5-6,8H,2-4,7H2,1H3,(H2,12,16,17)(H2,13,14,15). The van der Waals surface area contributed by atoms with Gasteiger partial charge in [0.15, 0.2) is 5.96 Å². The van der Waals surface area contributed by atoms with Crippen LogP contribution in [0.1, 0.15) is 24.6 Å². The third-order valence-electron chi connectivity index (χ3n) is 2.57. The second kappa shape index (κ2) is 5.89. The van der Waals surface area contributed by atoms with E-state index in [2.05, 4.69) is 15.6 Å². The molecule has 0 bridgehead atoms. The summed E-state index contributed by atoms with van der Waals surface area (Å²) in [5.74, 6) is 0.774. The van der Waals surface area contributed by atoms with Gasteiger partial charge < -0.3 is 10.6 Å². The van der Waals surface area contributed by atoms with Crippen molar-refractivity contribution in [3.8, 4) is 0 Å². The van der Waals surface area contributed by atoms with Gasteiger partial charge in [-0.25, -0.2) is 18.5 Å². The van der Waals surface area contributed by atoms with Gasteiger partial charge in [0.1, 0.15) is 4.21 Å². The Labute approximate surface area is 117 Å². The number of sulfonamides is 1. The molecule has 0 atom stereocenters. The number of nitrogens with one attached hydrogen (secondary N) is 2. The molecule has 0 aromatic carbocycles. The molecule has 0 radical (unpaired) electrons. The molecule has 4 N–H and O–H groups in total. The molecule has 0 spiro atoms. The molecule has 0 unspecified atom stereocenters. The lowest BCUT2D eigenvalue weighted by atomic mass is 10.5. The van der Waals surface area contributed by atoms with E-state index in [-0.39, 0.29) is 4.21 Å². The van der Waals surface area contributed by atoms with E-state index >= 15 is 0 Å². The number of hydrogen-bond donors (Lipinski definition) is 3. The average Bonchev–Trinajstić information content (AvgIpc) is 3.00. The van der Waals surface area contributed by atoms with Crippen molar-refractivity contribution in [1.82, 2.24) is 10.6 Å². The van der Waals surface area contributed by atoms with E-state index in [1.54, 1.807) is 6.07 Å². The molecule has 1 fully saturated rings. The molecule has 106 valence electrons. The SMILES string of the molecule is CCNC(=NCc1ccc(S(N)(=O)=O)s1)NC1CC1. The van der Waals surface area contributed by atoms with E-state index in [0.717, 1.165) is 28.7 Å². The number of aliphatic imine (C=N–C) groups is 1. The van der Waals surface area contributed by atoms with E-state index in [4.69, 9.17) is 5.14 Å². The number of nitrogens with zero attached hydrogens (tertiary/aromatic N) is 1. The summed E-state index contributed by atoms with van der Waals surface area (Å²) in [6, 6.07) is 3.79. The van der Waals surface area contributed by atoms with Crippen LogP contribution < -0.4 is 15.8 Å². The molecule has 8 heteroatoms. The Morgan fingerprint density at radius 2 is 2.26 bits per heavy atom. The van der Waals surface area contributed by atoms with E-state index in [1.807, 2.05) is 6.92 Å². The van der Waals surface area contributed by atoms with Crippen molar-refractivity contribution in [3.05, 3.63) is 17.0 Å². The Kier molecular flexibility index (Phi) is 4.43. The van der Waals surface area contributed by atoms with Gasteiger partial charge in [0.25, 0.3) is 0 Å². The van der Waals surface area contributed by atoms with Gasteiger partial charge in [0, 0.05) is 17.5 Å². The molecule has 1 aromatic rings. The van der Waals surface area contributed by atoms with Crippen molar-refractivity contribution in [1.29, 1.82) is 0 Å². The number of primary sulfonamides is 1. The first-order chi connectivity index (χ1) is 8.99. The number of hydrogen-bond acceptors (Lipinski definition) is 4. The first-order valence-electron chi connectivity index (χ1n) is 6.15. The van der Waals surface area contributed by atoms with Crippen molar-refractivity contribution in [3.63, 3.8) is 0 Å². The quantitative estimate of drug-likeness (QED) is 0.548. The highest BCUT2D eigenvalue weighted by atomic mass is 32.2. The van der Waals surface area contributed by atoms with Crippen LogP contribution in [0.4, 0.5) is 0 Å². The first-order valence-corrected chi connectivity index (χ1v) is 8.51. The molecule has 1 aliphatic carbocycles. The van der Waals surface area contributed by atoms with E-state index < -0.39 is 10.0 Å². The van der Waals surface area contributed by atoms with Crippen LogP contribution in [0.25, 0.3) is 0 Å². The van der Waals surface area contributed by atoms with Gasteiger partial charge in [0.05, 0.1) is 6.54 Å². The maximum absolute atomic E-state index is 11.2. The van der Waals surface area contributed by atoms with E-state index in [0.29, 0.717) is 12.6 Å². The first kappa shape index (κ1) is 14.3. The summed E-state index contributed by atoms with van der Waals surface area (Å²) in [5.41, 5.74) is 0. The minimum Gasteiger partial charge on any atom is -0.357 e. The topological polar surface area (TPSA) is 96.6 Å². The molecule has 0 amide bonds. The van der Waals surface area contributed by atoms with Gasteiger partial charge in [0.2, 0.25) is 10.0 Å². The van der Waals surface area contributed by atoms with Crippen LogP contribution in [0.2, 0.25) is 0 Å². The van der Waals surface area contributed by atoms with Gasteiger partial charge >= 0.3 is 0 Å². The lowest BCUT2D eigenvalue weighted by Gasteiger charge is -2.09. The molecular formula is C11H18N4O2S2. The highest BCUT2D eigenvalue weighted by Gasteiger charge is 2.22. The van der Waals surface area contributed by atoms with Crippen LogP contribution in [0, 0.1) is 0 Å². The lowest BCUT2D eigenvalue weighted by molar-refractivity contribution is 0.600. The molecule has 0 aliphatic heterocycles. The lowest BCUT2D eigenvalue weighted by Crippen LogP contribution is -2.38. The highest BCUT2D eigenvalue weighted by Crippen LogP contribution is 2.21. The third-order valence-corrected chi connectivity index (χ3v) is 5.08. The largest absolute Gasteiger partial charge is 0.357 e. The predicted octanol–water partition coefficient (Wildman–Crippen LogP) is 0.613. The highest BCUT2D eigenvalue weighted by molar-refractivity contribution is 7.91. The number of rotatable bonds is 5. The molecule has 6 nitrogen and oxygen atoms in total. The summed E-state index contributed by atoms with van der Waals surface area (Å²) in [6.07, 6.45) is 2.36. The van der Waals surface area contributed by atoms with Gasteiger partial charge in [-0.2, -0.15) is 0 Å². The maximum Gasteiger partial charge on any atom is 0.247 e. The maximum atomic E-state index is 11.2. The van der Waals surface area contributed by atoms with E-state index in [9.17, 15) is 8.42 Å². The summed E-state index contributed by atoms with van der Waals surface area (Å²) in [6.45, 7) is 3.25. The van der Waals surface area contributed by atoms with Crippen LogP contribution in [0.5, 0.6) is 0 Å². The molecular weight excluding hydrogens is 284 g/mol. The summed E-state index contributed by atoms with van der Waals surface area (Å²) < 4.78 is 22.5. The Hall–Kier alpha value is -1.12. The zero-order chi connectivity index (χ0) is 13.9. The van der Waals surface area contributed by atoms with Crippen molar-refractivity contribution < 1.29 is 8.42 Å². The number of thiophene rings is 1. The summed E-state index contributed by atoms with van der Waals surface area (Å²) in [5, 5.41) is 11.5. The molecule has 1 heterocycles. The molecule has 1 saturated carbocycles. The fourth-order valence-electron chi connectivity index (χ4n) is 1.49.